The van der Waals surface area contributed by atoms with Gasteiger partial charge in [-0.25, -0.2) is 8.78 Å². The molecule has 1 aromatic heterocycles. The molecule has 0 bridgehead atoms. The zero-order valence-corrected chi connectivity index (χ0v) is 14.2. The number of benzene rings is 2. The number of halogens is 2. The highest BCUT2D eigenvalue weighted by Crippen LogP contribution is 2.35. The lowest BCUT2D eigenvalue weighted by atomic mass is 9.94. The number of methoxy groups -OCH3 is 1. The minimum Gasteiger partial charge on any atom is -0.494 e. The van der Waals surface area contributed by atoms with E-state index in [0.29, 0.717) is 11.1 Å². The lowest BCUT2D eigenvalue weighted by Gasteiger charge is -2.14. The number of nitriles is 1. The lowest BCUT2D eigenvalue weighted by molar-refractivity contribution is 0.100. The Morgan fingerprint density at radius 2 is 1.81 bits per heavy atom. The summed E-state index contributed by atoms with van der Waals surface area (Å²) >= 11 is 0. The maximum atomic E-state index is 14.2. The van der Waals surface area contributed by atoms with E-state index in [1.54, 1.807) is 12.1 Å². The molecular formula is C20H13F2N3O2. The van der Waals surface area contributed by atoms with E-state index < -0.39 is 17.5 Å². The normalized spacial score (nSPS) is 10.3. The minimum absolute atomic E-state index is 0.0363. The number of carbonyl (C=O) groups is 1. The Morgan fingerprint density at radius 1 is 1.11 bits per heavy atom. The summed E-state index contributed by atoms with van der Waals surface area (Å²) in [5.41, 5.74) is 6.59. The first-order chi connectivity index (χ1) is 13.0. The van der Waals surface area contributed by atoms with Crippen molar-refractivity contribution in [1.29, 1.82) is 5.26 Å². The number of amides is 1. The van der Waals surface area contributed by atoms with Gasteiger partial charge in [-0.05, 0) is 35.9 Å². The van der Waals surface area contributed by atoms with E-state index in [2.05, 4.69) is 4.98 Å². The summed E-state index contributed by atoms with van der Waals surface area (Å²) in [4.78, 5) is 16.1. The van der Waals surface area contributed by atoms with Gasteiger partial charge in [-0.2, -0.15) is 5.26 Å². The van der Waals surface area contributed by atoms with Crippen molar-refractivity contribution in [1.82, 2.24) is 4.98 Å². The van der Waals surface area contributed by atoms with E-state index >= 15 is 0 Å². The van der Waals surface area contributed by atoms with Gasteiger partial charge in [0.25, 0.3) is 0 Å². The number of nitrogens with two attached hydrogens (primary N) is 1. The minimum atomic E-state index is -0.737. The molecule has 0 atom stereocenters. The van der Waals surface area contributed by atoms with Crippen molar-refractivity contribution < 1.29 is 18.3 Å². The highest BCUT2D eigenvalue weighted by molar-refractivity contribution is 6.03. The van der Waals surface area contributed by atoms with E-state index in [1.807, 2.05) is 0 Å². The number of carbonyl (C=O) groups excluding carboxylic acids is 1. The van der Waals surface area contributed by atoms with Crippen molar-refractivity contribution in [3.05, 3.63) is 71.4 Å². The Bertz CT molecular complexity index is 1090. The van der Waals surface area contributed by atoms with Gasteiger partial charge >= 0.3 is 0 Å². The number of rotatable bonds is 4. The number of nitrogens with zero attached hydrogens (tertiary/aromatic N) is 2. The first kappa shape index (κ1) is 18.0. The molecular weight excluding hydrogens is 352 g/mol. The van der Waals surface area contributed by atoms with E-state index in [9.17, 15) is 13.6 Å². The molecule has 0 unspecified atom stereocenters. The van der Waals surface area contributed by atoms with Crippen LogP contribution in [0.5, 0.6) is 5.75 Å². The molecule has 0 radical (unpaired) electrons. The summed E-state index contributed by atoms with van der Waals surface area (Å²) in [6.07, 6.45) is 1.36. The van der Waals surface area contributed by atoms with Gasteiger partial charge in [-0.3, -0.25) is 9.78 Å². The SMILES string of the molecule is COc1ccc(-c2c(C(N)=O)ccnc2-c2ccc(C#N)c(F)c2)cc1F. The van der Waals surface area contributed by atoms with Crippen molar-refractivity contribution in [3.63, 3.8) is 0 Å². The van der Waals surface area contributed by atoms with Crippen LogP contribution in [-0.2, 0) is 0 Å². The summed E-state index contributed by atoms with van der Waals surface area (Å²) in [5.74, 6) is -2.06. The molecule has 1 heterocycles. The molecule has 27 heavy (non-hydrogen) atoms. The number of pyridine rings is 1. The van der Waals surface area contributed by atoms with Crippen LogP contribution in [0.4, 0.5) is 8.78 Å². The second-order valence-corrected chi connectivity index (χ2v) is 5.60. The standard InChI is InChI=1S/C20H13F2N3O2/c1-27-17-5-4-11(8-16(17)22)18-14(20(24)26)6-7-25-19(18)12-2-3-13(10-23)15(21)9-12/h2-9H,1H3,(H2,24,26). The Kier molecular flexibility index (Phi) is 4.81. The second-order valence-electron chi connectivity index (χ2n) is 5.60. The average Bonchev–Trinajstić information content (AvgIpc) is 2.67. The van der Waals surface area contributed by atoms with Gasteiger partial charge in [-0.1, -0.05) is 12.1 Å². The van der Waals surface area contributed by atoms with Gasteiger partial charge in [-0.15, -0.1) is 0 Å². The molecule has 0 aliphatic heterocycles. The van der Waals surface area contributed by atoms with Crippen molar-refractivity contribution in [2.24, 2.45) is 5.73 Å². The van der Waals surface area contributed by atoms with E-state index in [1.165, 1.54) is 43.6 Å². The van der Waals surface area contributed by atoms with Crippen LogP contribution >= 0.6 is 0 Å². The van der Waals surface area contributed by atoms with Crippen molar-refractivity contribution >= 4 is 5.91 Å². The average molecular weight is 365 g/mol. The molecule has 0 fully saturated rings. The zero-order chi connectivity index (χ0) is 19.6. The third-order valence-corrected chi connectivity index (χ3v) is 4.02. The van der Waals surface area contributed by atoms with Gasteiger partial charge in [0.15, 0.2) is 11.6 Å². The predicted molar refractivity (Wildman–Crippen MR) is 94.8 cm³/mol. The van der Waals surface area contributed by atoms with Crippen LogP contribution in [0.1, 0.15) is 15.9 Å². The van der Waals surface area contributed by atoms with Crippen molar-refractivity contribution in [2.45, 2.75) is 0 Å². The molecule has 0 spiro atoms. The fourth-order valence-electron chi connectivity index (χ4n) is 2.75. The Morgan fingerprint density at radius 3 is 2.41 bits per heavy atom. The van der Waals surface area contributed by atoms with Gasteiger partial charge in [0, 0.05) is 17.3 Å². The van der Waals surface area contributed by atoms with Gasteiger partial charge in [0.1, 0.15) is 11.9 Å². The van der Waals surface area contributed by atoms with Crippen LogP contribution in [0.3, 0.4) is 0 Å². The molecule has 1 amide bonds. The van der Waals surface area contributed by atoms with Crippen LogP contribution in [0.15, 0.2) is 48.7 Å². The second kappa shape index (κ2) is 7.22. The third-order valence-electron chi connectivity index (χ3n) is 4.02. The molecule has 0 saturated heterocycles. The number of hydrogen-bond acceptors (Lipinski definition) is 4. The number of aromatic nitrogens is 1. The topological polar surface area (TPSA) is 89.0 Å². The van der Waals surface area contributed by atoms with Crippen molar-refractivity contribution in [3.8, 4) is 34.2 Å². The Balaban J connectivity index is 2.29. The zero-order valence-electron chi connectivity index (χ0n) is 14.2. The molecule has 0 aliphatic rings. The maximum absolute atomic E-state index is 14.2. The highest BCUT2D eigenvalue weighted by atomic mass is 19.1. The van der Waals surface area contributed by atoms with E-state index in [0.717, 1.165) is 6.07 Å². The lowest BCUT2D eigenvalue weighted by Crippen LogP contribution is -2.13. The molecule has 2 aromatic carbocycles. The molecule has 3 aromatic rings. The molecule has 2 N–H and O–H groups in total. The molecule has 3 rings (SSSR count). The van der Waals surface area contributed by atoms with Gasteiger partial charge in [0.05, 0.1) is 23.9 Å². The summed E-state index contributed by atoms with van der Waals surface area (Å²) in [6.45, 7) is 0. The first-order valence-electron chi connectivity index (χ1n) is 7.79. The molecule has 7 heteroatoms. The fraction of sp³-hybridized carbons (Fsp3) is 0.0500. The molecule has 134 valence electrons. The fourth-order valence-corrected chi connectivity index (χ4v) is 2.75. The summed E-state index contributed by atoms with van der Waals surface area (Å²) < 4.78 is 33.2. The van der Waals surface area contributed by atoms with Crippen LogP contribution in [0, 0.1) is 23.0 Å². The predicted octanol–water partition coefficient (Wildman–Crippen LogP) is 3.67. The van der Waals surface area contributed by atoms with Crippen LogP contribution in [-0.4, -0.2) is 18.0 Å². The number of primary amides is 1. The Labute approximate surface area is 153 Å². The van der Waals surface area contributed by atoms with Gasteiger partial charge < -0.3 is 10.5 Å². The summed E-state index contributed by atoms with van der Waals surface area (Å²) in [6, 6.07) is 11.2. The van der Waals surface area contributed by atoms with Gasteiger partial charge in [0.2, 0.25) is 5.91 Å². The summed E-state index contributed by atoms with van der Waals surface area (Å²) in [5, 5.41) is 8.89. The van der Waals surface area contributed by atoms with Crippen LogP contribution in [0.25, 0.3) is 22.4 Å². The molecule has 5 nitrogen and oxygen atoms in total. The number of hydrogen-bond donors (Lipinski definition) is 1. The smallest absolute Gasteiger partial charge is 0.249 e. The first-order valence-corrected chi connectivity index (χ1v) is 7.79. The highest BCUT2D eigenvalue weighted by Gasteiger charge is 2.19. The largest absolute Gasteiger partial charge is 0.494 e. The third kappa shape index (κ3) is 3.33. The summed E-state index contributed by atoms with van der Waals surface area (Å²) in [7, 11) is 1.34. The number of ether oxygens (including phenoxy) is 1. The van der Waals surface area contributed by atoms with E-state index in [-0.39, 0.29) is 28.1 Å². The monoisotopic (exact) mass is 365 g/mol. The maximum Gasteiger partial charge on any atom is 0.249 e. The quantitative estimate of drug-likeness (QED) is 0.764. The molecule has 0 aliphatic carbocycles. The van der Waals surface area contributed by atoms with Crippen molar-refractivity contribution in [2.75, 3.05) is 7.11 Å². The Hall–Kier alpha value is -3.79. The van der Waals surface area contributed by atoms with Crippen LogP contribution < -0.4 is 10.5 Å². The van der Waals surface area contributed by atoms with E-state index in [4.69, 9.17) is 15.7 Å². The molecule has 0 saturated carbocycles. The van der Waals surface area contributed by atoms with Crippen LogP contribution in [0.2, 0.25) is 0 Å².